The molecule has 1 atom stereocenters. The van der Waals surface area contributed by atoms with E-state index in [-0.39, 0.29) is 6.10 Å². The molecule has 1 N–H and O–H groups in total. The second-order valence-electron chi connectivity index (χ2n) is 6.25. The van der Waals surface area contributed by atoms with Crippen molar-refractivity contribution < 1.29 is 5.11 Å². The van der Waals surface area contributed by atoms with Gasteiger partial charge in [-0.1, -0.05) is 51.9 Å². The lowest BCUT2D eigenvalue weighted by atomic mass is 10.0. The smallest absolute Gasteiger partial charge is 0.0540 e. The molecule has 1 fully saturated rings. The molecule has 1 aliphatic heterocycles. The monoisotopic (exact) mass is 269 g/mol. The second kappa shape index (κ2) is 11.7. The molecule has 0 saturated carbocycles. The van der Waals surface area contributed by atoms with Gasteiger partial charge in [0, 0.05) is 0 Å². The van der Waals surface area contributed by atoms with Gasteiger partial charge in [0.2, 0.25) is 0 Å². The van der Waals surface area contributed by atoms with Gasteiger partial charge < -0.3 is 10.0 Å². The van der Waals surface area contributed by atoms with Crippen LogP contribution in [0.4, 0.5) is 0 Å². The Morgan fingerprint density at radius 1 is 0.842 bits per heavy atom. The molecule has 1 heterocycles. The quantitative estimate of drug-likeness (QED) is 0.563. The Morgan fingerprint density at radius 2 is 1.47 bits per heavy atom. The highest BCUT2D eigenvalue weighted by Gasteiger charge is 2.08. The summed E-state index contributed by atoms with van der Waals surface area (Å²) in [5, 5.41) is 9.63. The normalized spacial score (nSPS) is 18.6. The standard InChI is InChI=1S/C17H35NO/c1-2-12-17(19)13-8-5-3-4-6-9-14-18-15-10-7-11-16-18/h17,19H,2-16H2,1H3. The molecule has 2 heteroatoms. The molecule has 114 valence electrons. The highest BCUT2D eigenvalue weighted by Crippen LogP contribution is 2.13. The minimum absolute atomic E-state index is 0.0379. The number of hydrogen-bond acceptors (Lipinski definition) is 2. The number of rotatable bonds is 11. The van der Waals surface area contributed by atoms with Crippen LogP contribution in [0.15, 0.2) is 0 Å². The molecule has 19 heavy (non-hydrogen) atoms. The lowest BCUT2D eigenvalue weighted by molar-refractivity contribution is 0.150. The summed E-state index contributed by atoms with van der Waals surface area (Å²) >= 11 is 0. The summed E-state index contributed by atoms with van der Waals surface area (Å²) in [7, 11) is 0. The van der Waals surface area contributed by atoms with E-state index in [0.29, 0.717) is 0 Å². The molecular weight excluding hydrogens is 234 g/mol. The third-order valence-corrected chi connectivity index (χ3v) is 4.33. The van der Waals surface area contributed by atoms with Gasteiger partial charge in [0.25, 0.3) is 0 Å². The van der Waals surface area contributed by atoms with Gasteiger partial charge in [-0.15, -0.1) is 0 Å². The molecule has 1 rings (SSSR count). The van der Waals surface area contributed by atoms with E-state index >= 15 is 0 Å². The van der Waals surface area contributed by atoms with Gasteiger partial charge in [0.15, 0.2) is 0 Å². The summed E-state index contributed by atoms with van der Waals surface area (Å²) in [5.74, 6) is 0. The fraction of sp³-hybridized carbons (Fsp3) is 1.00. The van der Waals surface area contributed by atoms with Gasteiger partial charge in [0.05, 0.1) is 6.10 Å². The highest BCUT2D eigenvalue weighted by atomic mass is 16.3. The zero-order valence-corrected chi connectivity index (χ0v) is 13.1. The largest absolute Gasteiger partial charge is 0.393 e. The van der Waals surface area contributed by atoms with Crippen molar-refractivity contribution in [1.29, 1.82) is 0 Å². The van der Waals surface area contributed by atoms with E-state index in [1.807, 2.05) is 0 Å². The van der Waals surface area contributed by atoms with Crippen molar-refractivity contribution in [2.75, 3.05) is 19.6 Å². The molecule has 1 saturated heterocycles. The second-order valence-corrected chi connectivity index (χ2v) is 6.25. The van der Waals surface area contributed by atoms with Crippen LogP contribution in [0.3, 0.4) is 0 Å². The summed E-state index contributed by atoms with van der Waals surface area (Å²) in [6.45, 7) is 6.16. The van der Waals surface area contributed by atoms with Crippen LogP contribution in [-0.2, 0) is 0 Å². The molecule has 0 aromatic heterocycles. The van der Waals surface area contributed by atoms with E-state index < -0.39 is 0 Å². The van der Waals surface area contributed by atoms with Gasteiger partial charge in [-0.3, -0.25) is 0 Å². The first-order valence-corrected chi connectivity index (χ1v) is 8.73. The first-order valence-electron chi connectivity index (χ1n) is 8.73. The predicted molar refractivity (Wildman–Crippen MR) is 83.5 cm³/mol. The molecular formula is C17H35NO. The van der Waals surface area contributed by atoms with Crippen LogP contribution >= 0.6 is 0 Å². The maximum atomic E-state index is 9.63. The first kappa shape index (κ1) is 17.0. The maximum Gasteiger partial charge on any atom is 0.0540 e. The van der Waals surface area contributed by atoms with Gasteiger partial charge >= 0.3 is 0 Å². The minimum Gasteiger partial charge on any atom is -0.393 e. The Labute approximate surface area is 120 Å². The van der Waals surface area contributed by atoms with Crippen LogP contribution in [0.25, 0.3) is 0 Å². The van der Waals surface area contributed by atoms with Crippen molar-refractivity contribution in [2.24, 2.45) is 0 Å². The Balaban J connectivity index is 1.78. The zero-order chi connectivity index (χ0) is 13.8. The number of unbranched alkanes of at least 4 members (excludes halogenated alkanes) is 5. The Kier molecular flexibility index (Phi) is 10.5. The van der Waals surface area contributed by atoms with Crippen molar-refractivity contribution in [2.45, 2.75) is 90.1 Å². The Hall–Kier alpha value is -0.0800. The van der Waals surface area contributed by atoms with Gasteiger partial charge in [-0.05, 0) is 51.7 Å². The maximum absolute atomic E-state index is 9.63. The number of aliphatic hydroxyl groups is 1. The number of nitrogens with zero attached hydrogens (tertiary/aromatic N) is 1. The van der Waals surface area contributed by atoms with E-state index in [2.05, 4.69) is 11.8 Å². The Morgan fingerprint density at radius 3 is 2.16 bits per heavy atom. The average molecular weight is 269 g/mol. The van der Waals surface area contributed by atoms with Crippen LogP contribution in [0.1, 0.15) is 84.0 Å². The fourth-order valence-corrected chi connectivity index (χ4v) is 3.08. The fourth-order valence-electron chi connectivity index (χ4n) is 3.08. The van der Waals surface area contributed by atoms with E-state index in [1.54, 1.807) is 0 Å². The van der Waals surface area contributed by atoms with E-state index in [0.717, 1.165) is 19.3 Å². The molecule has 1 aliphatic rings. The molecule has 0 aliphatic carbocycles. The lowest BCUT2D eigenvalue weighted by Gasteiger charge is -2.26. The van der Waals surface area contributed by atoms with Crippen molar-refractivity contribution in [3.8, 4) is 0 Å². The summed E-state index contributed by atoms with van der Waals surface area (Å²) in [4.78, 5) is 2.64. The van der Waals surface area contributed by atoms with Crippen molar-refractivity contribution >= 4 is 0 Å². The van der Waals surface area contributed by atoms with Crippen LogP contribution in [0, 0.1) is 0 Å². The SMILES string of the molecule is CCCC(O)CCCCCCCCN1CCCCC1. The molecule has 0 aromatic carbocycles. The highest BCUT2D eigenvalue weighted by molar-refractivity contribution is 4.64. The van der Waals surface area contributed by atoms with E-state index in [4.69, 9.17) is 0 Å². The summed E-state index contributed by atoms with van der Waals surface area (Å²) in [6, 6.07) is 0. The first-order chi connectivity index (χ1) is 9.33. The number of piperidine rings is 1. The zero-order valence-electron chi connectivity index (χ0n) is 13.1. The van der Waals surface area contributed by atoms with Gasteiger partial charge in [-0.2, -0.15) is 0 Å². The van der Waals surface area contributed by atoms with Gasteiger partial charge in [0.1, 0.15) is 0 Å². The molecule has 0 bridgehead atoms. The number of likely N-dealkylation sites (tertiary alicyclic amines) is 1. The molecule has 0 radical (unpaired) electrons. The number of aliphatic hydroxyl groups excluding tert-OH is 1. The van der Waals surface area contributed by atoms with Crippen molar-refractivity contribution in [1.82, 2.24) is 4.90 Å². The van der Waals surface area contributed by atoms with Crippen LogP contribution < -0.4 is 0 Å². The molecule has 0 aromatic rings. The number of hydrogen-bond donors (Lipinski definition) is 1. The topological polar surface area (TPSA) is 23.5 Å². The summed E-state index contributed by atoms with van der Waals surface area (Å²) in [5.41, 5.74) is 0. The lowest BCUT2D eigenvalue weighted by Crippen LogP contribution is -2.30. The minimum atomic E-state index is -0.0379. The van der Waals surface area contributed by atoms with Crippen LogP contribution in [0.5, 0.6) is 0 Å². The molecule has 0 amide bonds. The van der Waals surface area contributed by atoms with Crippen LogP contribution in [-0.4, -0.2) is 35.7 Å². The summed E-state index contributed by atoms with van der Waals surface area (Å²) < 4.78 is 0. The summed E-state index contributed by atoms with van der Waals surface area (Å²) in [6.07, 6.45) is 15.4. The molecule has 0 spiro atoms. The predicted octanol–water partition coefficient (Wildman–Crippen LogP) is 4.36. The third-order valence-electron chi connectivity index (χ3n) is 4.33. The molecule has 2 nitrogen and oxygen atoms in total. The van der Waals surface area contributed by atoms with Crippen molar-refractivity contribution in [3.05, 3.63) is 0 Å². The van der Waals surface area contributed by atoms with Crippen LogP contribution in [0.2, 0.25) is 0 Å². The van der Waals surface area contributed by atoms with E-state index in [9.17, 15) is 5.11 Å². The molecule has 1 unspecified atom stereocenters. The third kappa shape index (κ3) is 9.45. The average Bonchev–Trinajstić information content (AvgIpc) is 2.43. The van der Waals surface area contributed by atoms with E-state index in [1.165, 1.54) is 77.4 Å². The van der Waals surface area contributed by atoms with Gasteiger partial charge in [-0.25, -0.2) is 0 Å². The van der Waals surface area contributed by atoms with Crippen molar-refractivity contribution in [3.63, 3.8) is 0 Å². The Bertz CT molecular complexity index is 190.